The highest BCUT2D eigenvalue weighted by Crippen LogP contribution is 2.31. The summed E-state index contributed by atoms with van der Waals surface area (Å²) in [5.74, 6) is -0.845. The molecule has 1 aliphatic rings. The summed E-state index contributed by atoms with van der Waals surface area (Å²) in [5.41, 5.74) is 2.62. The number of benzene rings is 2. The molecule has 30 heavy (non-hydrogen) atoms. The first-order valence-electron chi connectivity index (χ1n) is 9.72. The highest BCUT2D eigenvalue weighted by molar-refractivity contribution is 5.97. The molecule has 0 saturated heterocycles. The van der Waals surface area contributed by atoms with Crippen LogP contribution in [0.25, 0.3) is 11.0 Å². The van der Waals surface area contributed by atoms with Crippen molar-refractivity contribution < 1.29 is 19.5 Å². The number of amides is 1. The van der Waals surface area contributed by atoms with Gasteiger partial charge in [-0.05, 0) is 43.2 Å². The number of carbonyl (C=O) groups is 3. The number of H-pyrrole nitrogens is 1. The van der Waals surface area contributed by atoms with E-state index in [0.717, 1.165) is 16.6 Å². The molecule has 1 unspecified atom stereocenters. The van der Waals surface area contributed by atoms with E-state index < -0.39 is 11.5 Å². The second-order valence-electron chi connectivity index (χ2n) is 7.75. The van der Waals surface area contributed by atoms with Crippen LogP contribution in [0.5, 0.6) is 0 Å². The Balaban J connectivity index is 1.50. The minimum atomic E-state index is -1.19. The number of aromatic nitrogens is 2. The maximum Gasteiger partial charge on any atom is 0.306 e. The lowest BCUT2D eigenvalue weighted by Gasteiger charge is -2.27. The van der Waals surface area contributed by atoms with Gasteiger partial charge in [0.1, 0.15) is 11.4 Å². The van der Waals surface area contributed by atoms with Crippen molar-refractivity contribution in [1.82, 2.24) is 9.97 Å². The van der Waals surface area contributed by atoms with Crippen molar-refractivity contribution in [2.75, 3.05) is 10.6 Å². The molecular weight excluding hydrogens is 384 g/mol. The third-order valence-corrected chi connectivity index (χ3v) is 5.31. The summed E-state index contributed by atoms with van der Waals surface area (Å²) in [6.07, 6.45) is 0.563. The molecule has 1 aromatic heterocycles. The molecule has 1 atom stereocenters. The summed E-state index contributed by atoms with van der Waals surface area (Å²) < 4.78 is 0. The molecule has 8 nitrogen and oxygen atoms in total. The maximum atomic E-state index is 12.5. The number of aliphatic carboxylic acids is 1. The molecule has 2 heterocycles. The molecule has 1 amide bonds. The number of fused-ring (bicyclic) bond motifs is 2. The van der Waals surface area contributed by atoms with E-state index in [2.05, 4.69) is 20.6 Å². The predicted molar refractivity (Wildman–Crippen MR) is 112 cm³/mol. The summed E-state index contributed by atoms with van der Waals surface area (Å²) in [6, 6.07) is 12.9. The second kappa shape index (κ2) is 7.62. The molecule has 0 radical (unpaired) electrons. The fraction of sp³-hybridized carbons (Fsp3) is 0.273. The molecule has 0 fully saturated rings. The van der Waals surface area contributed by atoms with E-state index in [4.69, 9.17) is 0 Å². The minimum Gasteiger partial charge on any atom is -0.481 e. The number of rotatable bonds is 5. The lowest BCUT2D eigenvalue weighted by Crippen LogP contribution is -2.44. The van der Waals surface area contributed by atoms with Gasteiger partial charge >= 0.3 is 5.97 Å². The van der Waals surface area contributed by atoms with Gasteiger partial charge in [0.15, 0.2) is 5.78 Å². The lowest BCUT2D eigenvalue weighted by molar-refractivity contribution is -0.140. The summed E-state index contributed by atoms with van der Waals surface area (Å²) in [5, 5.41) is 15.1. The number of carbonyl (C=O) groups excluding carboxylic acids is 2. The van der Waals surface area contributed by atoms with Crippen molar-refractivity contribution in [3.8, 4) is 0 Å². The summed E-state index contributed by atoms with van der Waals surface area (Å²) in [7, 11) is 0. The van der Waals surface area contributed by atoms with Crippen molar-refractivity contribution in [3.05, 3.63) is 53.9 Å². The van der Waals surface area contributed by atoms with Gasteiger partial charge in [-0.1, -0.05) is 18.2 Å². The Morgan fingerprint density at radius 1 is 1.20 bits per heavy atom. The molecule has 154 valence electrons. The van der Waals surface area contributed by atoms with Crippen LogP contribution in [0.1, 0.15) is 31.2 Å². The fourth-order valence-electron chi connectivity index (χ4n) is 3.77. The fourth-order valence-corrected chi connectivity index (χ4v) is 3.77. The molecule has 0 aliphatic carbocycles. The Kier molecular flexibility index (Phi) is 4.99. The van der Waals surface area contributed by atoms with Gasteiger partial charge in [-0.3, -0.25) is 14.4 Å². The highest BCUT2D eigenvalue weighted by atomic mass is 16.4. The van der Waals surface area contributed by atoms with Crippen molar-refractivity contribution in [2.45, 2.75) is 38.1 Å². The van der Waals surface area contributed by atoms with Crippen LogP contribution in [-0.4, -0.2) is 38.3 Å². The second-order valence-corrected chi connectivity index (χ2v) is 7.75. The zero-order valence-corrected chi connectivity index (χ0v) is 16.5. The number of nitrogens with one attached hydrogen (secondary N) is 3. The normalized spacial score (nSPS) is 18.4. The van der Waals surface area contributed by atoms with Crippen molar-refractivity contribution in [2.24, 2.45) is 0 Å². The number of carboxylic acid groups (broad SMARTS) is 1. The van der Waals surface area contributed by atoms with Crippen LogP contribution in [0.2, 0.25) is 0 Å². The molecule has 4 rings (SSSR count). The average molecular weight is 406 g/mol. The van der Waals surface area contributed by atoms with E-state index in [0.29, 0.717) is 23.6 Å². The summed E-state index contributed by atoms with van der Waals surface area (Å²) in [6.45, 7) is 1.60. The highest BCUT2D eigenvalue weighted by Gasteiger charge is 2.37. The van der Waals surface area contributed by atoms with Gasteiger partial charge in [-0.2, -0.15) is 0 Å². The SMILES string of the molecule is CC1(CC(=O)O)Nc2cc(NC(=O)Cc3nc4ccccc4[nH]3)ccc2CCC1=O. The van der Waals surface area contributed by atoms with Crippen molar-refractivity contribution in [1.29, 1.82) is 0 Å². The van der Waals surface area contributed by atoms with E-state index in [9.17, 15) is 19.5 Å². The van der Waals surface area contributed by atoms with Crippen LogP contribution < -0.4 is 10.6 Å². The zero-order chi connectivity index (χ0) is 21.3. The van der Waals surface area contributed by atoms with Gasteiger partial charge in [-0.15, -0.1) is 0 Å². The lowest BCUT2D eigenvalue weighted by atomic mass is 9.90. The zero-order valence-electron chi connectivity index (χ0n) is 16.5. The van der Waals surface area contributed by atoms with Crippen molar-refractivity contribution in [3.63, 3.8) is 0 Å². The topological polar surface area (TPSA) is 124 Å². The van der Waals surface area contributed by atoms with Gasteiger partial charge in [0.25, 0.3) is 0 Å². The maximum absolute atomic E-state index is 12.5. The van der Waals surface area contributed by atoms with Gasteiger partial charge in [0.2, 0.25) is 5.91 Å². The van der Waals surface area contributed by atoms with Crippen LogP contribution in [0.3, 0.4) is 0 Å². The third kappa shape index (κ3) is 4.03. The first-order chi connectivity index (χ1) is 14.3. The molecule has 8 heteroatoms. The molecule has 1 aliphatic heterocycles. The van der Waals surface area contributed by atoms with Gasteiger partial charge in [0.05, 0.1) is 23.9 Å². The number of nitrogens with zero attached hydrogens (tertiary/aromatic N) is 1. The molecule has 0 saturated carbocycles. The monoisotopic (exact) mass is 406 g/mol. The Bertz CT molecular complexity index is 1120. The number of hydrogen-bond acceptors (Lipinski definition) is 5. The van der Waals surface area contributed by atoms with Crippen LogP contribution in [0.4, 0.5) is 11.4 Å². The Hall–Kier alpha value is -3.68. The average Bonchev–Trinajstić information content (AvgIpc) is 3.03. The number of aryl methyl sites for hydroxylation is 1. The number of anilines is 2. The van der Waals surface area contributed by atoms with E-state index in [-0.39, 0.29) is 31.0 Å². The van der Waals surface area contributed by atoms with Crippen LogP contribution in [-0.2, 0) is 27.2 Å². The largest absolute Gasteiger partial charge is 0.481 e. The van der Waals surface area contributed by atoms with Gasteiger partial charge in [0, 0.05) is 17.8 Å². The first-order valence-corrected chi connectivity index (χ1v) is 9.72. The van der Waals surface area contributed by atoms with Crippen LogP contribution in [0.15, 0.2) is 42.5 Å². The van der Waals surface area contributed by atoms with E-state index in [1.165, 1.54) is 0 Å². The summed E-state index contributed by atoms with van der Waals surface area (Å²) >= 11 is 0. The minimum absolute atomic E-state index is 0.0917. The number of hydrogen-bond donors (Lipinski definition) is 4. The number of Topliss-reactive ketones (excluding diaryl/α,β-unsaturated/α-hetero) is 1. The third-order valence-electron chi connectivity index (χ3n) is 5.31. The standard InChI is InChI=1S/C22H22N4O4/c1-22(12-21(29)30)18(27)9-7-13-6-8-14(10-17(13)26-22)23-20(28)11-19-24-15-4-2-3-5-16(15)25-19/h2-6,8,10,26H,7,9,11-12H2,1H3,(H,23,28)(H,24,25)(H,29,30). The quantitative estimate of drug-likeness (QED) is 0.516. The predicted octanol–water partition coefficient (Wildman–Crippen LogP) is 2.90. The molecule has 4 N–H and O–H groups in total. The smallest absolute Gasteiger partial charge is 0.306 e. The number of para-hydroxylation sites is 2. The summed E-state index contributed by atoms with van der Waals surface area (Å²) in [4.78, 5) is 43.7. The first kappa shape index (κ1) is 19.6. The number of imidazole rings is 1. The number of ketones is 1. The molecule has 0 bridgehead atoms. The van der Waals surface area contributed by atoms with Crippen LogP contribution in [0, 0.1) is 0 Å². The molecule has 2 aromatic carbocycles. The Labute approximate surface area is 172 Å². The van der Waals surface area contributed by atoms with Crippen molar-refractivity contribution >= 4 is 40.1 Å². The number of aromatic amines is 1. The van der Waals surface area contributed by atoms with Gasteiger partial charge < -0.3 is 20.7 Å². The Morgan fingerprint density at radius 3 is 2.77 bits per heavy atom. The van der Waals surface area contributed by atoms with E-state index >= 15 is 0 Å². The van der Waals surface area contributed by atoms with Gasteiger partial charge in [-0.25, -0.2) is 4.98 Å². The molecular formula is C22H22N4O4. The Morgan fingerprint density at radius 2 is 2.00 bits per heavy atom. The van der Waals surface area contributed by atoms with Crippen LogP contribution >= 0.6 is 0 Å². The van der Waals surface area contributed by atoms with E-state index in [1.807, 2.05) is 30.3 Å². The molecule has 0 spiro atoms. The molecule has 3 aromatic rings. The number of carboxylic acids is 1. The van der Waals surface area contributed by atoms with E-state index in [1.54, 1.807) is 19.1 Å².